The van der Waals surface area contributed by atoms with Gasteiger partial charge in [-0.2, -0.15) is 0 Å². The fraction of sp³-hybridized carbons (Fsp3) is 1.00. The van der Waals surface area contributed by atoms with Gasteiger partial charge in [-0.1, -0.05) is 47.5 Å². The zero-order valence-corrected chi connectivity index (χ0v) is 13.4. The maximum absolute atomic E-state index is 9.11. The minimum Gasteiger partial charge on any atom is -0.368 e. The van der Waals surface area contributed by atoms with Crippen molar-refractivity contribution in [3.8, 4) is 0 Å². The normalized spacial score (nSPS) is 13.1. The van der Waals surface area contributed by atoms with Crippen molar-refractivity contribution in [1.82, 2.24) is 0 Å². The number of aliphatic hydroxyl groups excluding tert-OH is 1. The first-order chi connectivity index (χ1) is 8.79. The molecule has 1 atom stereocenters. The average molecular weight is 278 g/mol. The maximum Gasteiger partial charge on any atom is 0.162 e. The molecule has 0 aliphatic carbocycles. The molecule has 0 fully saturated rings. The zero-order valence-electron chi connectivity index (χ0n) is 13.4. The quantitative estimate of drug-likeness (QED) is 0.448. The molecule has 19 heavy (non-hydrogen) atoms. The summed E-state index contributed by atoms with van der Waals surface area (Å²) in [4.78, 5) is 0. The van der Waals surface area contributed by atoms with Gasteiger partial charge in [-0.3, -0.25) is 0 Å². The van der Waals surface area contributed by atoms with E-state index in [1.807, 2.05) is 6.92 Å². The molecular formula is C15H34O4. The Morgan fingerprint density at radius 3 is 2.00 bits per heavy atom. The summed E-state index contributed by atoms with van der Waals surface area (Å²) in [7, 11) is 0. The van der Waals surface area contributed by atoms with Crippen molar-refractivity contribution in [3.63, 3.8) is 0 Å². The summed E-state index contributed by atoms with van der Waals surface area (Å²) >= 11 is 0. The molecule has 4 heteroatoms. The van der Waals surface area contributed by atoms with Gasteiger partial charge in [0.05, 0.1) is 6.61 Å². The summed E-state index contributed by atoms with van der Waals surface area (Å²) in [5, 5.41) is 27.1. The molecule has 0 radical (unpaired) electrons. The van der Waals surface area contributed by atoms with Crippen LogP contribution in [0, 0.1) is 5.92 Å². The van der Waals surface area contributed by atoms with Crippen LogP contribution in [-0.2, 0) is 4.74 Å². The summed E-state index contributed by atoms with van der Waals surface area (Å²) < 4.78 is 5.01. The van der Waals surface area contributed by atoms with Crippen molar-refractivity contribution >= 4 is 0 Å². The van der Waals surface area contributed by atoms with Gasteiger partial charge >= 0.3 is 0 Å². The average Bonchev–Trinajstić information content (AvgIpc) is 2.36. The highest BCUT2D eigenvalue weighted by Gasteiger charge is 2.18. The molecule has 0 heterocycles. The first-order valence-electron chi connectivity index (χ1n) is 7.53. The molecule has 0 bridgehead atoms. The van der Waals surface area contributed by atoms with E-state index in [-0.39, 0.29) is 0 Å². The van der Waals surface area contributed by atoms with Crippen LogP contribution >= 0.6 is 0 Å². The van der Waals surface area contributed by atoms with E-state index >= 15 is 0 Å². The van der Waals surface area contributed by atoms with Gasteiger partial charge in [0, 0.05) is 6.42 Å². The molecule has 0 rings (SSSR count). The Labute approximate surface area is 118 Å². The summed E-state index contributed by atoms with van der Waals surface area (Å²) in [6.07, 6.45) is 4.17. The number of ether oxygens (including phenoxy) is 1. The molecule has 0 aromatic carbocycles. The summed E-state index contributed by atoms with van der Waals surface area (Å²) in [6.45, 7) is 10.5. The van der Waals surface area contributed by atoms with E-state index in [0.29, 0.717) is 31.8 Å². The Morgan fingerprint density at radius 1 is 1.05 bits per heavy atom. The van der Waals surface area contributed by atoms with Crippen molar-refractivity contribution in [3.05, 3.63) is 0 Å². The van der Waals surface area contributed by atoms with E-state index in [0.717, 1.165) is 19.3 Å². The molecular weight excluding hydrogens is 244 g/mol. The number of aliphatic hydroxyl groups is 3. The smallest absolute Gasteiger partial charge is 0.162 e. The predicted molar refractivity (Wildman–Crippen MR) is 78.7 cm³/mol. The van der Waals surface area contributed by atoms with Crippen LogP contribution in [0.15, 0.2) is 0 Å². The van der Waals surface area contributed by atoms with Crippen molar-refractivity contribution in [2.24, 2.45) is 5.92 Å². The third kappa shape index (κ3) is 17.8. The molecule has 0 aromatic heterocycles. The predicted octanol–water partition coefficient (Wildman–Crippen LogP) is 3.05. The summed E-state index contributed by atoms with van der Waals surface area (Å²) in [6, 6.07) is 0. The minimum atomic E-state index is -1.41. The molecule has 4 nitrogen and oxygen atoms in total. The van der Waals surface area contributed by atoms with Gasteiger partial charge in [0.15, 0.2) is 12.1 Å². The molecule has 3 N–H and O–H groups in total. The van der Waals surface area contributed by atoms with Crippen LogP contribution in [0.5, 0.6) is 0 Å². The Bertz CT molecular complexity index is 181. The van der Waals surface area contributed by atoms with Gasteiger partial charge in [-0.25, -0.2) is 0 Å². The maximum atomic E-state index is 9.11. The second kappa shape index (κ2) is 12.9. The fourth-order valence-electron chi connectivity index (χ4n) is 1.26. The van der Waals surface area contributed by atoms with Crippen LogP contribution in [0.1, 0.15) is 73.1 Å². The van der Waals surface area contributed by atoms with E-state index < -0.39 is 12.1 Å². The van der Waals surface area contributed by atoms with E-state index in [9.17, 15) is 0 Å². The van der Waals surface area contributed by atoms with Gasteiger partial charge in [0.25, 0.3) is 0 Å². The molecule has 0 aromatic rings. The van der Waals surface area contributed by atoms with E-state index in [2.05, 4.69) is 20.8 Å². The minimum absolute atomic E-state index is 0.427. The van der Waals surface area contributed by atoms with Crippen LogP contribution in [0.25, 0.3) is 0 Å². The SMILES string of the molecule is CCC(O)OCC(C)C.CCCCCC(O)(O)CC. The third-order valence-electron chi connectivity index (χ3n) is 2.72. The molecule has 0 aliphatic heterocycles. The van der Waals surface area contributed by atoms with Crippen LogP contribution in [0.4, 0.5) is 0 Å². The second-order valence-electron chi connectivity index (χ2n) is 5.38. The molecule has 0 spiro atoms. The van der Waals surface area contributed by atoms with Crippen molar-refractivity contribution in [1.29, 1.82) is 0 Å². The fourth-order valence-corrected chi connectivity index (χ4v) is 1.26. The molecule has 0 saturated heterocycles. The largest absolute Gasteiger partial charge is 0.368 e. The lowest BCUT2D eigenvalue weighted by Crippen LogP contribution is -2.26. The molecule has 0 aliphatic rings. The van der Waals surface area contributed by atoms with Gasteiger partial charge in [-0.15, -0.1) is 0 Å². The van der Waals surface area contributed by atoms with E-state index in [1.54, 1.807) is 6.92 Å². The van der Waals surface area contributed by atoms with Gasteiger partial charge in [0.1, 0.15) is 0 Å². The van der Waals surface area contributed by atoms with Crippen molar-refractivity contribution < 1.29 is 20.1 Å². The van der Waals surface area contributed by atoms with Crippen molar-refractivity contribution in [2.75, 3.05) is 6.61 Å². The lowest BCUT2D eigenvalue weighted by atomic mass is 10.1. The van der Waals surface area contributed by atoms with Crippen LogP contribution < -0.4 is 0 Å². The molecule has 0 amide bonds. The van der Waals surface area contributed by atoms with Gasteiger partial charge in [-0.05, 0) is 25.2 Å². The van der Waals surface area contributed by atoms with Crippen LogP contribution in [-0.4, -0.2) is 34.0 Å². The van der Waals surface area contributed by atoms with Crippen LogP contribution in [0.2, 0.25) is 0 Å². The summed E-state index contributed by atoms with van der Waals surface area (Å²) in [5.74, 6) is -0.902. The molecule has 118 valence electrons. The topological polar surface area (TPSA) is 69.9 Å². The number of unbranched alkanes of at least 4 members (excludes halogenated alkanes) is 2. The van der Waals surface area contributed by atoms with E-state index in [4.69, 9.17) is 20.1 Å². The molecule has 1 unspecified atom stereocenters. The Kier molecular flexibility index (Phi) is 14.3. The zero-order chi connectivity index (χ0) is 15.3. The monoisotopic (exact) mass is 278 g/mol. The lowest BCUT2D eigenvalue weighted by molar-refractivity contribution is -0.167. The second-order valence-corrected chi connectivity index (χ2v) is 5.38. The summed E-state index contributed by atoms with van der Waals surface area (Å²) in [5.41, 5.74) is 0. The Hall–Kier alpha value is -0.160. The number of hydrogen-bond acceptors (Lipinski definition) is 4. The van der Waals surface area contributed by atoms with Gasteiger partial charge < -0.3 is 20.1 Å². The highest BCUT2D eigenvalue weighted by atomic mass is 16.6. The third-order valence-corrected chi connectivity index (χ3v) is 2.72. The number of hydrogen-bond donors (Lipinski definition) is 3. The Balaban J connectivity index is 0. The first kappa shape index (κ1) is 21.1. The van der Waals surface area contributed by atoms with Gasteiger partial charge in [0.2, 0.25) is 0 Å². The first-order valence-corrected chi connectivity index (χ1v) is 7.53. The number of rotatable bonds is 9. The lowest BCUT2D eigenvalue weighted by Gasteiger charge is -2.18. The standard InChI is InChI=1S/C8H18O2.C7H16O2/c1-3-5-6-7-8(9,10)4-2;1-4-7(8)9-5-6(2)3/h9-10H,3-7H2,1-2H3;6-8H,4-5H2,1-3H3. The van der Waals surface area contributed by atoms with E-state index in [1.165, 1.54) is 0 Å². The highest BCUT2D eigenvalue weighted by molar-refractivity contribution is 4.60. The van der Waals surface area contributed by atoms with Crippen LogP contribution in [0.3, 0.4) is 0 Å². The highest BCUT2D eigenvalue weighted by Crippen LogP contribution is 2.14. The molecule has 0 saturated carbocycles. The van der Waals surface area contributed by atoms with Crippen molar-refractivity contribution in [2.45, 2.75) is 85.2 Å². The Morgan fingerprint density at radius 2 is 1.63 bits per heavy atom.